The SMILES string of the molecule is CCS(Cl)(CC)C1C(C)C(C)C(C)C1C. The Hall–Kier alpha value is 0.640. The molecule has 0 nitrogen and oxygen atoms in total. The van der Waals surface area contributed by atoms with Crippen molar-refractivity contribution in [1.82, 2.24) is 0 Å². The van der Waals surface area contributed by atoms with E-state index in [-0.39, 0.29) is 0 Å². The second kappa shape index (κ2) is 4.87. The zero-order chi connectivity index (χ0) is 11.8. The van der Waals surface area contributed by atoms with Crippen LogP contribution in [-0.4, -0.2) is 16.8 Å². The topological polar surface area (TPSA) is 0 Å². The molecule has 0 saturated heterocycles. The number of hydrogen-bond acceptors (Lipinski definition) is 0. The number of hydrogen-bond donors (Lipinski definition) is 0. The van der Waals surface area contributed by atoms with Crippen molar-refractivity contribution in [3.8, 4) is 0 Å². The monoisotopic (exact) mass is 250 g/mol. The molecular formula is C13H27ClS. The molecule has 0 spiro atoms. The molecule has 0 aromatic carbocycles. The van der Waals surface area contributed by atoms with Crippen molar-refractivity contribution in [3.05, 3.63) is 0 Å². The molecule has 0 aromatic rings. The molecule has 0 radical (unpaired) electrons. The second-order valence-corrected chi connectivity index (χ2v) is 10.6. The van der Waals surface area contributed by atoms with Crippen LogP contribution in [0.25, 0.3) is 0 Å². The summed E-state index contributed by atoms with van der Waals surface area (Å²) in [5, 5.41) is 0.777. The van der Waals surface area contributed by atoms with Crippen molar-refractivity contribution < 1.29 is 0 Å². The third-order valence-electron chi connectivity index (χ3n) is 4.97. The van der Waals surface area contributed by atoms with Gasteiger partial charge in [0.05, 0.1) is 0 Å². The minimum Gasteiger partial charge on any atom is -0.160 e. The first kappa shape index (κ1) is 13.7. The second-order valence-electron chi connectivity index (χ2n) is 5.32. The summed E-state index contributed by atoms with van der Waals surface area (Å²) in [5.74, 6) is 5.67. The highest BCUT2D eigenvalue weighted by Crippen LogP contribution is 2.66. The molecule has 0 heterocycles. The van der Waals surface area contributed by atoms with Gasteiger partial charge in [0.1, 0.15) is 0 Å². The first-order valence-electron chi connectivity index (χ1n) is 6.36. The lowest BCUT2D eigenvalue weighted by Gasteiger charge is -2.42. The fourth-order valence-corrected chi connectivity index (χ4v) is 7.58. The molecule has 1 aliphatic carbocycles. The summed E-state index contributed by atoms with van der Waals surface area (Å²) < 4.78 is 0. The van der Waals surface area contributed by atoms with Crippen LogP contribution in [0.3, 0.4) is 0 Å². The molecule has 1 rings (SSSR count). The summed E-state index contributed by atoms with van der Waals surface area (Å²) >= 11 is 0. The summed E-state index contributed by atoms with van der Waals surface area (Å²) in [6.45, 7) is 14.2. The van der Waals surface area contributed by atoms with Crippen LogP contribution in [0.1, 0.15) is 41.5 Å². The van der Waals surface area contributed by atoms with Crippen molar-refractivity contribution in [2.24, 2.45) is 23.7 Å². The quantitative estimate of drug-likeness (QED) is 0.668. The Labute approximate surface area is 102 Å². The number of rotatable bonds is 3. The highest BCUT2D eigenvalue weighted by molar-refractivity contribution is 8.51. The highest BCUT2D eigenvalue weighted by atomic mass is 35.7. The van der Waals surface area contributed by atoms with Gasteiger partial charge in [-0.15, -0.1) is 0 Å². The Morgan fingerprint density at radius 1 is 0.800 bits per heavy atom. The Balaban J connectivity index is 2.94. The van der Waals surface area contributed by atoms with Gasteiger partial charge in [0.2, 0.25) is 0 Å². The standard InChI is InChI=1S/C13H27ClS/c1-7-15(14,8-2)13-11(5)9(3)10(4)12(13)6/h9-13H,7-8H2,1-6H3. The summed E-state index contributed by atoms with van der Waals surface area (Å²) in [7, 11) is 6.03. The average molecular weight is 251 g/mol. The molecule has 0 N–H and O–H groups in total. The molecule has 0 aromatic heterocycles. The van der Waals surface area contributed by atoms with Crippen LogP contribution >= 0.6 is 19.9 Å². The normalized spacial score (nSPS) is 43.3. The maximum Gasteiger partial charge on any atom is 0.00704 e. The first-order chi connectivity index (χ1) is 6.89. The van der Waals surface area contributed by atoms with Crippen LogP contribution in [0.2, 0.25) is 0 Å². The summed E-state index contributed by atoms with van der Waals surface area (Å²) in [6, 6.07) is 0. The van der Waals surface area contributed by atoms with Crippen LogP contribution in [0.15, 0.2) is 0 Å². The summed E-state index contributed by atoms with van der Waals surface area (Å²) in [4.78, 5) is 0. The van der Waals surface area contributed by atoms with E-state index in [4.69, 9.17) is 10.7 Å². The summed E-state index contributed by atoms with van der Waals surface area (Å²) in [6.07, 6.45) is 0. The van der Waals surface area contributed by atoms with Crippen molar-refractivity contribution >= 4 is 19.9 Å². The van der Waals surface area contributed by atoms with Crippen molar-refractivity contribution in [3.63, 3.8) is 0 Å². The zero-order valence-electron chi connectivity index (χ0n) is 11.1. The number of halogens is 1. The Kier molecular flexibility index (Phi) is 4.45. The first-order valence-corrected chi connectivity index (χ1v) is 9.22. The van der Waals surface area contributed by atoms with Crippen LogP contribution in [-0.2, 0) is 0 Å². The van der Waals surface area contributed by atoms with E-state index in [0.717, 1.165) is 28.9 Å². The predicted molar refractivity (Wildman–Crippen MR) is 75.0 cm³/mol. The van der Waals surface area contributed by atoms with E-state index in [1.165, 1.54) is 11.5 Å². The van der Waals surface area contributed by atoms with Gasteiger partial charge >= 0.3 is 0 Å². The minimum atomic E-state index is -0.885. The molecule has 1 saturated carbocycles. The van der Waals surface area contributed by atoms with Crippen LogP contribution in [0.4, 0.5) is 0 Å². The molecule has 2 heteroatoms. The van der Waals surface area contributed by atoms with E-state index in [2.05, 4.69) is 41.5 Å². The van der Waals surface area contributed by atoms with Crippen molar-refractivity contribution in [2.45, 2.75) is 46.8 Å². The molecule has 1 fully saturated rings. The molecule has 0 bridgehead atoms. The largest absolute Gasteiger partial charge is 0.160 e. The predicted octanol–water partition coefficient (Wildman–Crippen LogP) is 4.91. The third-order valence-corrected chi connectivity index (χ3v) is 10.7. The van der Waals surface area contributed by atoms with Crippen LogP contribution in [0, 0.1) is 23.7 Å². The molecule has 0 amide bonds. The molecule has 4 atom stereocenters. The van der Waals surface area contributed by atoms with Crippen molar-refractivity contribution in [2.75, 3.05) is 11.5 Å². The lowest BCUT2D eigenvalue weighted by Crippen LogP contribution is -2.27. The Morgan fingerprint density at radius 2 is 1.13 bits per heavy atom. The highest BCUT2D eigenvalue weighted by Gasteiger charge is 2.47. The van der Waals surface area contributed by atoms with E-state index >= 15 is 0 Å². The van der Waals surface area contributed by atoms with Crippen LogP contribution in [0.5, 0.6) is 0 Å². The fourth-order valence-electron chi connectivity index (χ4n) is 3.39. The van der Waals surface area contributed by atoms with Gasteiger partial charge in [0, 0.05) is 5.25 Å². The van der Waals surface area contributed by atoms with Crippen LogP contribution < -0.4 is 0 Å². The average Bonchev–Trinajstić information content (AvgIpc) is 2.43. The third kappa shape index (κ3) is 2.20. The Bertz CT molecular complexity index is 199. The zero-order valence-corrected chi connectivity index (χ0v) is 12.7. The molecular weight excluding hydrogens is 224 g/mol. The molecule has 0 aliphatic heterocycles. The van der Waals surface area contributed by atoms with Gasteiger partial charge < -0.3 is 0 Å². The maximum absolute atomic E-state index is 6.92. The van der Waals surface area contributed by atoms with E-state index in [0.29, 0.717) is 0 Å². The van der Waals surface area contributed by atoms with Crippen molar-refractivity contribution in [1.29, 1.82) is 0 Å². The molecule has 4 unspecified atom stereocenters. The van der Waals surface area contributed by atoms with Gasteiger partial charge in [-0.05, 0) is 35.2 Å². The summed E-state index contributed by atoms with van der Waals surface area (Å²) in [5.41, 5.74) is 0. The van der Waals surface area contributed by atoms with E-state index < -0.39 is 9.24 Å². The molecule has 1 aliphatic rings. The molecule has 15 heavy (non-hydrogen) atoms. The van der Waals surface area contributed by atoms with E-state index in [1.807, 2.05) is 0 Å². The van der Waals surface area contributed by atoms with Gasteiger partial charge in [-0.2, -0.15) is 9.24 Å². The maximum atomic E-state index is 6.92. The van der Waals surface area contributed by atoms with Gasteiger partial charge in [0.25, 0.3) is 0 Å². The van der Waals surface area contributed by atoms with E-state index in [1.54, 1.807) is 0 Å². The minimum absolute atomic E-state index is 0.777. The lowest BCUT2D eigenvalue weighted by molar-refractivity contribution is 0.352. The molecule has 92 valence electrons. The van der Waals surface area contributed by atoms with Gasteiger partial charge in [-0.1, -0.05) is 52.2 Å². The van der Waals surface area contributed by atoms with E-state index in [9.17, 15) is 0 Å². The lowest BCUT2D eigenvalue weighted by atomic mass is 9.92. The van der Waals surface area contributed by atoms with Gasteiger partial charge in [-0.25, -0.2) is 0 Å². The Morgan fingerprint density at radius 3 is 1.40 bits per heavy atom. The smallest absolute Gasteiger partial charge is 0.00704 e. The van der Waals surface area contributed by atoms with Gasteiger partial charge in [-0.3, -0.25) is 0 Å². The van der Waals surface area contributed by atoms with Gasteiger partial charge in [0.15, 0.2) is 0 Å². The fraction of sp³-hybridized carbons (Fsp3) is 1.00.